The van der Waals surface area contributed by atoms with Crippen molar-refractivity contribution in [2.24, 2.45) is 0 Å². The minimum absolute atomic E-state index is 0.204. The number of rotatable bonds is 6. The summed E-state index contributed by atoms with van der Waals surface area (Å²) in [6.07, 6.45) is 2.96. The van der Waals surface area contributed by atoms with E-state index in [0.717, 1.165) is 18.7 Å². The molecular weight excluding hydrogens is 226 g/mol. The Kier molecular flexibility index (Phi) is 4.61. The second-order valence-corrected chi connectivity index (χ2v) is 5.11. The summed E-state index contributed by atoms with van der Waals surface area (Å²) in [6.45, 7) is 2.73. The zero-order chi connectivity index (χ0) is 13.0. The Morgan fingerprint density at radius 2 is 2.00 bits per heavy atom. The van der Waals surface area contributed by atoms with Crippen molar-refractivity contribution in [3.05, 3.63) is 29.8 Å². The Bertz CT molecular complexity index is 357. The van der Waals surface area contributed by atoms with Crippen LogP contribution in [0.1, 0.15) is 37.7 Å². The molecule has 0 spiro atoms. The highest BCUT2D eigenvalue weighted by atomic mass is 16.5. The van der Waals surface area contributed by atoms with E-state index in [9.17, 15) is 5.11 Å². The topological polar surface area (TPSA) is 41.5 Å². The van der Waals surface area contributed by atoms with Gasteiger partial charge in [-0.05, 0) is 42.9 Å². The van der Waals surface area contributed by atoms with Gasteiger partial charge in [0.1, 0.15) is 5.75 Å². The molecule has 3 heteroatoms. The van der Waals surface area contributed by atoms with Crippen LogP contribution in [0.15, 0.2) is 24.3 Å². The molecule has 0 amide bonds. The summed E-state index contributed by atoms with van der Waals surface area (Å²) in [5, 5.41) is 12.9. The van der Waals surface area contributed by atoms with Crippen molar-refractivity contribution >= 4 is 0 Å². The highest BCUT2D eigenvalue weighted by Gasteiger charge is 2.29. The molecule has 1 unspecified atom stereocenters. The lowest BCUT2D eigenvalue weighted by Crippen LogP contribution is -2.43. The van der Waals surface area contributed by atoms with Gasteiger partial charge in [0.2, 0.25) is 0 Å². The van der Waals surface area contributed by atoms with Gasteiger partial charge in [-0.3, -0.25) is 0 Å². The van der Waals surface area contributed by atoms with E-state index in [4.69, 9.17) is 4.74 Å². The van der Waals surface area contributed by atoms with Crippen LogP contribution in [0.3, 0.4) is 0 Å². The van der Waals surface area contributed by atoms with Gasteiger partial charge in [0, 0.05) is 12.6 Å². The molecule has 0 aromatic heterocycles. The maximum atomic E-state index is 9.49. The fourth-order valence-electron chi connectivity index (χ4n) is 2.38. The normalized spacial score (nSPS) is 24.4. The van der Waals surface area contributed by atoms with Crippen LogP contribution in [0.5, 0.6) is 5.75 Å². The first-order valence-corrected chi connectivity index (χ1v) is 6.78. The predicted octanol–water partition coefficient (Wildman–Crippen LogP) is 2.30. The highest BCUT2D eigenvalue weighted by Crippen LogP contribution is 2.37. The number of benzene rings is 1. The number of aliphatic hydroxyl groups excluding tert-OH is 1. The van der Waals surface area contributed by atoms with Crippen molar-refractivity contribution < 1.29 is 9.84 Å². The first kappa shape index (κ1) is 13.4. The van der Waals surface area contributed by atoms with Gasteiger partial charge in [-0.1, -0.05) is 19.1 Å². The minimum atomic E-state index is -0.204. The first-order chi connectivity index (χ1) is 8.72. The van der Waals surface area contributed by atoms with Crippen LogP contribution in [0.4, 0.5) is 0 Å². The van der Waals surface area contributed by atoms with E-state index in [2.05, 4.69) is 17.4 Å². The molecule has 1 aromatic carbocycles. The molecule has 0 aliphatic heterocycles. The van der Waals surface area contributed by atoms with E-state index in [1.54, 1.807) is 7.11 Å². The number of nitrogens with one attached hydrogen (secondary N) is 1. The van der Waals surface area contributed by atoms with Crippen LogP contribution < -0.4 is 10.1 Å². The molecule has 100 valence electrons. The molecule has 2 rings (SSSR count). The van der Waals surface area contributed by atoms with Gasteiger partial charge >= 0.3 is 0 Å². The Balaban J connectivity index is 1.74. The molecule has 0 heterocycles. The summed E-state index contributed by atoms with van der Waals surface area (Å²) < 4.78 is 5.16. The number of ether oxygens (including phenoxy) is 1. The molecule has 0 radical (unpaired) electrons. The van der Waals surface area contributed by atoms with E-state index >= 15 is 0 Å². The summed E-state index contributed by atoms with van der Waals surface area (Å²) in [7, 11) is 1.69. The van der Waals surface area contributed by atoms with Crippen molar-refractivity contribution in [1.29, 1.82) is 0 Å². The Hall–Kier alpha value is -1.06. The highest BCUT2D eigenvalue weighted by molar-refractivity contribution is 5.30. The van der Waals surface area contributed by atoms with Gasteiger partial charge in [0.15, 0.2) is 0 Å². The SMILES string of the molecule is CCC(O)CNC1CC(c2ccc(OC)cc2)C1. The van der Waals surface area contributed by atoms with Crippen molar-refractivity contribution in [2.75, 3.05) is 13.7 Å². The number of methoxy groups -OCH3 is 1. The maximum absolute atomic E-state index is 9.49. The Labute approximate surface area is 109 Å². The van der Waals surface area contributed by atoms with E-state index in [1.807, 2.05) is 19.1 Å². The predicted molar refractivity (Wildman–Crippen MR) is 73.1 cm³/mol. The quantitative estimate of drug-likeness (QED) is 0.813. The second kappa shape index (κ2) is 6.21. The molecule has 1 aromatic rings. The molecule has 0 saturated heterocycles. The van der Waals surface area contributed by atoms with E-state index in [-0.39, 0.29) is 6.10 Å². The van der Waals surface area contributed by atoms with Crippen LogP contribution >= 0.6 is 0 Å². The molecule has 1 aliphatic carbocycles. The Morgan fingerprint density at radius 1 is 1.33 bits per heavy atom. The molecular formula is C15H23NO2. The zero-order valence-corrected chi connectivity index (χ0v) is 11.2. The molecule has 1 aliphatic rings. The molecule has 1 saturated carbocycles. The summed E-state index contributed by atoms with van der Waals surface area (Å²) in [5.41, 5.74) is 1.39. The molecule has 3 nitrogen and oxygen atoms in total. The van der Waals surface area contributed by atoms with Crippen LogP contribution in [0.25, 0.3) is 0 Å². The van der Waals surface area contributed by atoms with Gasteiger partial charge in [0.25, 0.3) is 0 Å². The number of aliphatic hydroxyl groups is 1. The summed E-state index contributed by atoms with van der Waals surface area (Å²) >= 11 is 0. The van der Waals surface area contributed by atoms with Crippen molar-refractivity contribution in [3.8, 4) is 5.75 Å². The maximum Gasteiger partial charge on any atom is 0.118 e. The van der Waals surface area contributed by atoms with Gasteiger partial charge in [-0.2, -0.15) is 0 Å². The molecule has 18 heavy (non-hydrogen) atoms. The third-order valence-corrected chi connectivity index (χ3v) is 3.84. The lowest BCUT2D eigenvalue weighted by molar-refractivity contribution is 0.151. The van der Waals surface area contributed by atoms with Crippen LogP contribution in [-0.4, -0.2) is 30.9 Å². The second-order valence-electron chi connectivity index (χ2n) is 5.11. The number of hydrogen-bond donors (Lipinski definition) is 2. The average Bonchev–Trinajstić information content (AvgIpc) is 2.37. The third-order valence-electron chi connectivity index (χ3n) is 3.84. The van der Waals surface area contributed by atoms with Gasteiger partial charge in [-0.15, -0.1) is 0 Å². The van der Waals surface area contributed by atoms with E-state index in [0.29, 0.717) is 12.0 Å². The average molecular weight is 249 g/mol. The van der Waals surface area contributed by atoms with E-state index < -0.39 is 0 Å². The van der Waals surface area contributed by atoms with Crippen LogP contribution in [0, 0.1) is 0 Å². The lowest BCUT2D eigenvalue weighted by Gasteiger charge is -2.37. The van der Waals surface area contributed by atoms with Crippen LogP contribution in [0.2, 0.25) is 0 Å². The minimum Gasteiger partial charge on any atom is -0.497 e. The lowest BCUT2D eigenvalue weighted by atomic mass is 9.76. The fraction of sp³-hybridized carbons (Fsp3) is 0.600. The van der Waals surface area contributed by atoms with Crippen LogP contribution in [-0.2, 0) is 0 Å². The van der Waals surface area contributed by atoms with Crippen molar-refractivity contribution in [3.63, 3.8) is 0 Å². The zero-order valence-electron chi connectivity index (χ0n) is 11.2. The van der Waals surface area contributed by atoms with Crippen molar-refractivity contribution in [2.45, 2.75) is 44.2 Å². The fourth-order valence-corrected chi connectivity index (χ4v) is 2.38. The van der Waals surface area contributed by atoms with Gasteiger partial charge < -0.3 is 15.2 Å². The summed E-state index contributed by atoms with van der Waals surface area (Å²) in [5.74, 6) is 1.57. The standard InChI is InChI=1S/C15H23NO2/c1-3-14(17)10-16-13-8-12(9-13)11-4-6-15(18-2)7-5-11/h4-7,12-14,16-17H,3,8-10H2,1-2H3. The first-order valence-electron chi connectivity index (χ1n) is 6.78. The monoisotopic (exact) mass is 249 g/mol. The largest absolute Gasteiger partial charge is 0.497 e. The summed E-state index contributed by atoms with van der Waals surface area (Å²) in [6, 6.07) is 8.92. The smallest absolute Gasteiger partial charge is 0.118 e. The Morgan fingerprint density at radius 3 is 2.56 bits per heavy atom. The molecule has 0 bridgehead atoms. The molecule has 1 fully saturated rings. The third kappa shape index (κ3) is 3.24. The number of hydrogen-bond acceptors (Lipinski definition) is 3. The van der Waals surface area contributed by atoms with Gasteiger partial charge in [0.05, 0.1) is 13.2 Å². The summed E-state index contributed by atoms with van der Waals surface area (Å²) in [4.78, 5) is 0. The molecule has 1 atom stereocenters. The molecule has 2 N–H and O–H groups in total. The van der Waals surface area contributed by atoms with Gasteiger partial charge in [-0.25, -0.2) is 0 Å². The van der Waals surface area contributed by atoms with Crippen molar-refractivity contribution in [1.82, 2.24) is 5.32 Å². The van der Waals surface area contributed by atoms with E-state index in [1.165, 1.54) is 18.4 Å².